The number of carboxylic acid groups (broad SMARTS) is 1. The predicted molar refractivity (Wildman–Crippen MR) is 97.4 cm³/mol. The first-order valence-corrected chi connectivity index (χ1v) is 8.81. The maximum Gasteiger partial charge on any atom is 0.306 e. The molecule has 1 aliphatic heterocycles. The minimum Gasteiger partial charge on any atom is -0.487 e. The molecule has 2 heterocycles. The molecule has 1 aliphatic rings. The van der Waals surface area contributed by atoms with Crippen LogP contribution in [0.5, 0.6) is 5.75 Å². The molecule has 0 atom stereocenters. The predicted octanol–water partition coefficient (Wildman–Crippen LogP) is 2.61. The molecule has 144 valence electrons. The summed E-state index contributed by atoms with van der Waals surface area (Å²) in [5.41, 5.74) is 1.28. The van der Waals surface area contributed by atoms with E-state index in [-0.39, 0.29) is 11.7 Å². The van der Waals surface area contributed by atoms with Gasteiger partial charge in [-0.1, -0.05) is 0 Å². The molecule has 3 rings (SSSR count). The summed E-state index contributed by atoms with van der Waals surface area (Å²) in [6.07, 6.45) is 2.70. The zero-order chi connectivity index (χ0) is 19.2. The molecule has 27 heavy (non-hydrogen) atoms. The van der Waals surface area contributed by atoms with Gasteiger partial charge in [-0.15, -0.1) is 0 Å². The summed E-state index contributed by atoms with van der Waals surface area (Å²) in [7, 11) is 1.59. The van der Waals surface area contributed by atoms with Crippen LogP contribution in [-0.4, -0.2) is 54.5 Å². The van der Waals surface area contributed by atoms with Crippen LogP contribution in [-0.2, 0) is 9.53 Å². The van der Waals surface area contributed by atoms with Crippen molar-refractivity contribution in [1.29, 1.82) is 0 Å². The zero-order valence-electron chi connectivity index (χ0n) is 15.1. The maximum atomic E-state index is 13.3. The monoisotopic (exact) mass is 375 g/mol. The number of halogens is 1. The largest absolute Gasteiger partial charge is 0.487 e. The van der Waals surface area contributed by atoms with Gasteiger partial charge in [-0.3, -0.25) is 4.79 Å². The number of hydrogen-bond donors (Lipinski definition) is 1. The number of carbonyl (C=O) groups is 1. The molecule has 0 radical (unpaired) electrons. The number of ether oxygens (including phenoxy) is 2. The standard InChI is InChI=1S/C19H22FN3O4/c1-26-10-11-27-16-12-21-19(23-8-6-14(7-9-23)18(24)25)22-17(16)13-2-4-15(20)5-3-13/h2-5,12,14H,6-11H2,1H3,(H,24,25). The highest BCUT2D eigenvalue weighted by Gasteiger charge is 2.26. The van der Waals surface area contributed by atoms with Crippen LogP contribution in [0.15, 0.2) is 30.5 Å². The normalized spacial score (nSPS) is 15.0. The molecule has 1 aromatic heterocycles. The molecule has 2 aromatic rings. The van der Waals surface area contributed by atoms with Gasteiger partial charge >= 0.3 is 5.97 Å². The Morgan fingerprint density at radius 2 is 1.96 bits per heavy atom. The fraction of sp³-hybridized carbons (Fsp3) is 0.421. The van der Waals surface area contributed by atoms with Gasteiger partial charge in [0.15, 0.2) is 5.75 Å². The second kappa shape index (κ2) is 8.77. The van der Waals surface area contributed by atoms with Crippen molar-refractivity contribution in [2.75, 3.05) is 38.3 Å². The van der Waals surface area contributed by atoms with Gasteiger partial charge in [0.25, 0.3) is 0 Å². The number of aliphatic carboxylic acids is 1. The molecule has 0 saturated carbocycles. The van der Waals surface area contributed by atoms with E-state index in [1.165, 1.54) is 12.1 Å². The van der Waals surface area contributed by atoms with Crippen molar-refractivity contribution in [3.05, 3.63) is 36.3 Å². The van der Waals surface area contributed by atoms with Crippen LogP contribution in [0.3, 0.4) is 0 Å². The third-order valence-corrected chi connectivity index (χ3v) is 4.53. The lowest BCUT2D eigenvalue weighted by Crippen LogP contribution is -2.37. The molecular weight excluding hydrogens is 353 g/mol. The number of methoxy groups -OCH3 is 1. The fourth-order valence-corrected chi connectivity index (χ4v) is 3.00. The Hall–Kier alpha value is -2.74. The Labute approximate surface area is 156 Å². The van der Waals surface area contributed by atoms with Crippen molar-refractivity contribution in [2.24, 2.45) is 5.92 Å². The lowest BCUT2D eigenvalue weighted by Gasteiger charge is -2.30. The van der Waals surface area contributed by atoms with Crippen molar-refractivity contribution in [1.82, 2.24) is 9.97 Å². The lowest BCUT2D eigenvalue weighted by atomic mass is 9.97. The number of hydrogen-bond acceptors (Lipinski definition) is 6. The third kappa shape index (κ3) is 4.71. The first kappa shape index (κ1) is 19.0. The summed E-state index contributed by atoms with van der Waals surface area (Å²) < 4.78 is 24.0. The van der Waals surface area contributed by atoms with E-state index >= 15 is 0 Å². The van der Waals surface area contributed by atoms with Crippen LogP contribution in [0, 0.1) is 11.7 Å². The van der Waals surface area contributed by atoms with Gasteiger partial charge in [0.05, 0.1) is 18.7 Å². The Kier molecular flexibility index (Phi) is 6.18. The average molecular weight is 375 g/mol. The smallest absolute Gasteiger partial charge is 0.306 e. The molecule has 0 aliphatic carbocycles. The zero-order valence-corrected chi connectivity index (χ0v) is 15.1. The molecule has 7 nitrogen and oxygen atoms in total. The quantitative estimate of drug-likeness (QED) is 0.745. The topological polar surface area (TPSA) is 84.8 Å². The molecule has 1 fully saturated rings. The number of piperidine rings is 1. The van der Waals surface area contributed by atoms with Crippen molar-refractivity contribution < 1.29 is 23.8 Å². The van der Waals surface area contributed by atoms with Crippen molar-refractivity contribution >= 4 is 11.9 Å². The third-order valence-electron chi connectivity index (χ3n) is 4.53. The van der Waals surface area contributed by atoms with Crippen LogP contribution >= 0.6 is 0 Å². The maximum absolute atomic E-state index is 13.3. The summed E-state index contributed by atoms with van der Waals surface area (Å²) in [6, 6.07) is 6.02. The second-order valence-corrected chi connectivity index (χ2v) is 6.33. The Morgan fingerprint density at radius 3 is 2.59 bits per heavy atom. The van der Waals surface area contributed by atoms with E-state index in [4.69, 9.17) is 14.6 Å². The van der Waals surface area contributed by atoms with E-state index in [1.807, 2.05) is 4.90 Å². The van der Waals surface area contributed by atoms with Crippen LogP contribution in [0.25, 0.3) is 11.3 Å². The van der Waals surface area contributed by atoms with Gasteiger partial charge in [-0.2, -0.15) is 0 Å². The van der Waals surface area contributed by atoms with Crippen molar-refractivity contribution in [3.63, 3.8) is 0 Å². The Bertz CT molecular complexity index is 777. The molecule has 1 N–H and O–H groups in total. The molecule has 0 amide bonds. The summed E-state index contributed by atoms with van der Waals surface area (Å²) >= 11 is 0. The Morgan fingerprint density at radius 1 is 1.26 bits per heavy atom. The van der Waals surface area contributed by atoms with Crippen molar-refractivity contribution in [2.45, 2.75) is 12.8 Å². The average Bonchev–Trinajstić information content (AvgIpc) is 2.69. The summed E-state index contributed by atoms with van der Waals surface area (Å²) in [5.74, 6) is -0.412. The lowest BCUT2D eigenvalue weighted by molar-refractivity contribution is -0.142. The van der Waals surface area contributed by atoms with Gasteiger partial charge in [-0.05, 0) is 37.1 Å². The fourth-order valence-electron chi connectivity index (χ4n) is 3.00. The van der Waals surface area contributed by atoms with E-state index < -0.39 is 5.97 Å². The second-order valence-electron chi connectivity index (χ2n) is 6.33. The molecule has 0 bridgehead atoms. The molecule has 8 heteroatoms. The van der Waals surface area contributed by atoms with Gasteiger partial charge < -0.3 is 19.5 Å². The van der Waals surface area contributed by atoms with E-state index in [0.29, 0.717) is 62.1 Å². The number of carboxylic acids is 1. The first-order chi connectivity index (χ1) is 13.1. The molecular formula is C19H22FN3O4. The van der Waals surface area contributed by atoms with E-state index in [0.717, 1.165) is 0 Å². The summed E-state index contributed by atoms with van der Waals surface area (Å²) in [4.78, 5) is 22.1. The molecule has 1 saturated heterocycles. The number of benzene rings is 1. The number of anilines is 1. The van der Waals surface area contributed by atoms with Gasteiger partial charge in [0.2, 0.25) is 5.95 Å². The van der Waals surface area contributed by atoms with Gasteiger partial charge in [0, 0.05) is 25.8 Å². The number of rotatable bonds is 7. The van der Waals surface area contributed by atoms with E-state index in [9.17, 15) is 9.18 Å². The first-order valence-electron chi connectivity index (χ1n) is 8.81. The summed E-state index contributed by atoms with van der Waals surface area (Å²) in [6.45, 7) is 1.91. The van der Waals surface area contributed by atoms with E-state index in [2.05, 4.69) is 9.97 Å². The highest BCUT2D eigenvalue weighted by Crippen LogP contribution is 2.30. The minimum absolute atomic E-state index is 0.325. The Balaban J connectivity index is 1.85. The highest BCUT2D eigenvalue weighted by atomic mass is 19.1. The number of aromatic nitrogens is 2. The highest BCUT2D eigenvalue weighted by molar-refractivity contribution is 5.70. The minimum atomic E-state index is -0.760. The SMILES string of the molecule is COCCOc1cnc(N2CCC(C(=O)O)CC2)nc1-c1ccc(F)cc1. The molecule has 1 aromatic carbocycles. The molecule has 0 spiro atoms. The van der Waals surface area contributed by atoms with Crippen LogP contribution in [0.2, 0.25) is 0 Å². The molecule has 0 unspecified atom stereocenters. The van der Waals surface area contributed by atoms with Gasteiger partial charge in [-0.25, -0.2) is 14.4 Å². The summed E-state index contributed by atoms with van der Waals surface area (Å²) in [5, 5.41) is 9.14. The van der Waals surface area contributed by atoms with Crippen LogP contribution < -0.4 is 9.64 Å². The van der Waals surface area contributed by atoms with Crippen molar-refractivity contribution in [3.8, 4) is 17.0 Å². The van der Waals surface area contributed by atoms with Crippen LogP contribution in [0.1, 0.15) is 12.8 Å². The number of nitrogens with zero attached hydrogens (tertiary/aromatic N) is 3. The van der Waals surface area contributed by atoms with E-state index in [1.54, 1.807) is 25.4 Å². The van der Waals surface area contributed by atoms with Crippen LogP contribution in [0.4, 0.5) is 10.3 Å². The van der Waals surface area contributed by atoms with Gasteiger partial charge in [0.1, 0.15) is 18.1 Å².